The van der Waals surface area contributed by atoms with Gasteiger partial charge >= 0.3 is 5.97 Å². The van der Waals surface area contributed by atoms with E-state index >= 15 is 0 Å². The van der Waals surface area contributed by atoms with Gasteiger partial charge in [-0.3, -0.25) is 19.7 Å². The molecular weight excluding hydrogens is 426 g/mol. The van der Waals surface area contributed by atoms with Crippen LogP contribution in [0.3, 0.4) is 0 Å². The number of nitro benzene ring substituents is 1. The molecule has 4 atom stereocenters. The number of hydrogen-bond donors (Lipinski definition) is 0. The second-order valence-corrected chi connectivity index (χ2v) is 8.47. The van der Waals surface area contributed by atoms with Gasteiger partial charge < -0.3 is 4.74 Å². The summed E-state index contributed by atoms with van der Waals surface area (Å²) < 4.78 is 5.46. The number of allylic oxidation sites excluding steroid dienone is 2. The van der Waals surface area contributed by atoms with Crippen molar-refractivity contribution in [2.75, 3.05) is 0 Å². The average molecular weight is 445 g/mol. The zero-order valence-corrected chi connectivity index (χ0v) is 17.6. The number of aryl methyl sites for hydroxylation is 1. The van der Waals surface area contributed by atoms with Gasteiger partial charge in [0.25, 0.3) is 17.5 Å². The Morgan fingerprint density at radius 1 is 1.12 bits per heavy atom. The van der Waals surface area contributed by atoms with Crippen LogP contribution in [0.4, 0.5) is 5.69 Å². The molecule has 1 saturated heterocycles. The van der Waals surface area contributed by atoms with Gasteiger partial charge in [0.2, 0.25) is 0 Å². The fourth-order valence-corrected chi connectivity index (χ4v) is 4.89. The zero-order valence-electron chi connectivity index (χ0n) is 17.6. The molecule has 0 spiro atoms. The minimum Gasteiger partial charge on any atom is -0.422 e. The maximum atomic E-state index is 12.8. The van der Waals surface area contributed by atoms with Crippen molar-refractivity contribution in [1.82, 2.24) is 5.01 Å². The minimum atomic E-state index is -0.646. The maximum absolute atomic E-state index is 12.8. The van der Waals surface area contributed by atoms with Crippen LogP contribution in [0.2, 0.25) is 0 Å². The standard InChI is InChI=1S/C24H19N3O6/c1-13-3-2-4-16(9-13)24(30)33-19-8-7-18(27(31)32)11-17(19)12-25-26-22(28)20-14-5-6-15(10-14)21(20)23(26)29/h2-9,11-12,14-15,20-21H,10H2,1H3/t14-,15-,20-,21+/m0/s1. The number of nitrogens with zero attached hydrogens (tertiary/aromatic N) is 3. The van der Waals surface area contributed by atoms with Gasteiger partial charge in [-0.1, -0.05) is 29.8 Å². The van der Waals surface area contributed by atoms with Crippen LogP contribution in [-0.2, 0) is 9.59 Å². The Hall–Kier alpha value is -4.14. The lowest BCUT2D eigenvalue weighted by Crippen LogP contribution is -2.28. The van der Waals surface area contributed by atoms with Gasteiger partial charge in [0, 0.05) is 17.7 Å². The summed E-state index contributed by atoms with van der Waals surface area (Å²) in [6.07, 6.45) is 5.91. The summed E-state index contributed by atoms with van der Waals surface area (Å²) in [6, 6.07) is 10.5. The van der Waals surface area contributed by atoms with Gasteiger partial charge in [0.15, 0.2) is 0 Å². The zero-order chi connectivity index (χ0) is 23.3. The van der Waals surface area contributed by atoms with Crippen LogP contribution >= 0.6 is 0 Å². The van der Waals surface area contributed by atoms with Crippen molar-refractivity contribution in [3.8, 4) is 5.75 Å². The fraction of sp³-hybridized carbons (Fsp3) is 0.250. The molecule has 1 heterocycles. The van der Waals surface area contributed by atoms with Crippen molar-refractivity contribution in [3.63, 3.8) is 0 Å². The van der Waals surface area contributed by atoms with E-state index in [1.165, 1.54) is 18.2 Å². The lowest BCUT2D eigenvalue weighted by molar-refractivity contribution is -0.384. The van der Waals surface area contributed by atoms with Crippen LogP contribution in [-0.4, -0.2) is 33.9 Å². The van der Waals surface area contributed by atoms with E-state index in [0.29, 0.717) is 5.56 Å². The summed E-state index contributed by atoms with van der Waals surface area (Å²) in [5, 5.41) is 16.1. The highest BCUT2D eigenvalue weighted by Crippen LogP contribution is 2.52. The number of esters is 1. The Kier molecular flexibility index (Phi) is 4.88. The second-order valence-electron chi connectivity index (χ2n) is 8.47. The van der Waals surface area contributed by atoms with Crippen molar-refractivity contribution < 1.29 is 24.0 Å². The number of benzene rings is 2. The quantitative estimate of drug-likeness (QED) is 0.133. The summed E-state index contributed by atoms with van der Waals surface area (Å²) in [7, 11) is 0. The van der Waals surface area contributed by atoms with Crippen LogP contribution in [0.5, 0.6) is 5.75 Å². The number of hydrogen-bond acceptors (Lipinski definition) is 7. The average Bonchev–Trinajstić information content (AvgIpc) is 3.47. The molecule has 0 unspecified atom stereocenters. The number of ether oxygens (including phenoxy) is 1. The molecule has 1 aliphatic heterocycles. The van der Waals surface area contributed by atoms with Crippen LogP contribution in [0.25, 0.3) is 0 Å². The molecule has 9 heteroatoms. The third kappa shape index (κ3) is 3.51. The van der Waals surface area contributed by atoms with E-state index in [4.69, 9.17) is 4.74 Å². The first-order valence-corrected chi connectivity index (χ1v) is 10.5. The third-order valence-electron chi connectivity index (χ3n) is 6.42. The largest absolute Gasteiger partial charge is 0.422 e. The number of carbonyl (C=O) groups is 3. The molecule has 2 aromatic carbocycles. The van der Waals surface area contributed by atoms with Crippen molar-refractivity contribution in [3.05, 3.63) is 81.4 Å². The van der Waals surface area contributed by atoms with Gasteiger partial charge in [-0.05, 0) is 43.4 Å². The molecule has 0 aromatic heterocycles. The van der Waals surface area contributed by atoms with E-state index in [0.717, 1.165) is 23.2 Å². The minimum absolute atomic E-state index is 0.0249. The predicted octanol–water partition coefficient (Wildman–Crippen LogP) is 3.26. The molecule has 1 saturated carbocycles. The van der Waals surface area contributed by atoms with Crippen molar-refractivity contribution in [2.45, 2.75) is 13.3 Å². The highest BCUT2D eigenvalue weighted by molar-refractivity contribution is 6.07. The van der Waals surface area contributed by atoms with Gasteiger partial charge in [-0.15, -0.1) is 0 Å². The Morgan fingerprint density at radius 2 is 1.82 bits per heavy atom. The highest BCUT2D eigenvalue weighted by atomic mass is 16.6. The molecule has 9 nitrogen and oxygen atoms in total. The molecule has 2 aromatic rings. The molecule has 3 aliphatic rings. The number of amides is 2. The Labute approximate surface area is 188 Å². The number of carbonyl (C=O) groups excluding carboxylic acids is 3. The monoisotopic (exact) mass is 445 g/mol. The molecule has 2 amide bonds. The molecule has 5 rings (SSSR count). The molecule has 166 valence electrons. The molecule has 2 bridgehead atoms. The van der Waals surface area contributed by atoms with Gasteiger partial charge in [-0.25, -0.2) is 4.79 Å². The van der Waals surface area contributed by atoms with Crippen LogP contribution in [0.15, 0.2) is 59.7 Å². The summed E-state index contributed by atoms with van der Waals surface area (Å²) in [5.41, 5.74) is 1.04. The first kappa shape index (κ1) is 20.7. The molecular formula is C24H19N3O6. The first-order valence-electron chi connectivity index (χ1n) is 10.5. The summed E-state index contributed by atoms with van der Waals surface area (Å²) >= 11 is 0. The maximum Gasteiger partial charge on any atom is 0.343 e. The van der Waals surface area contributed by atoms with E-state index in [2.05, 4.69) is 5.10 Å². The number of imide groups is 1. The summed E-state index contributed by atoms with van der Waals surface area (Å²) in [5.74, 6) is -2.10. The molecule has 0 N–H and O–H groups in total. The molecule has 2 fully saturated rings. The van der Waals surface area contributed by atoms with E-state index in [9.17, 15) is 24.5 Å². The number of nitro groups is 1. The van der Waals surface area contributed by atoms with E-state index in [1.807, 2.05) is 25.1 Å². The number of fused-ring (bicyclic) bond motifs is 5. The van der Waals surface area contributed by atoms with Gasteiger partial charge in [-0.2, -0.15) is 10.1 Å². The lowest BCUT2D eigenvalue weighted by Gasteiger charge is -2.13. The van der Waals surface area contributed by atoms with Gasteiger partial charge in [0.05, 0.1) is 28.5 Å². The SMILES string of the molecule is Cc1cccc(C(=O)Oc2ccc([N+](=O)[O-])cc2C=NN2C(=O)[C@@H]3[C@H](C2=O)[C@H]2C=C[C@H]3C2)c1. The first-order chi connectivity index (χ1) is 15.8. The summed E-state index contributed by atoms with van der Waals surface area (Å²) in [6.45, 7) is 1.84. The Morgan fingerprint density at radius 3 is 2.45 bits per heavy atom. The smallest absolute Gasteiger partial charge is 0.343 e. The van der Waals surface area contributed by atoms with Crippen LogP contribution < -0.4 is 4.74 Å². The van der Waals surface area contributed by atoms with Crippen LogP contribution in [0.1, 0.15) is 27.9 Å². The number of rotatable bonds is 5. The topological polar surface area (TPSA) is 119 Å². The normalized spacial score (nSPS) is 25.2. The Bertz CT molecular complexity index is 1240. The van der Waals surface area contributed by atoms with E-state index in [1.54, 1.807) is 18.2 Å². The van der Waals surface area contributed by atoms with E-state index in [-0.39, 0.29) is 40.7 Å². The number of hydrazone groups is 1. The molecule has 2 aliphatic carbocycles. The third-order valence-corrected chi connectivity index (χ3v) is 6.42. The molecule has 0 radical (unpaired) electrons. The van der Waals surface area contributed by atoms with Gasteiger partial charge in [0.1, 0.15) is 5.75 Å². The fourth-order valence-electron chi connectivity index (χ4n) is 4.89. The highest BCUT2D eigenvalue weighted by Gasteiger charge is 2.59. The van der Waals surface area contributed by atoms with Crippen molar-refractivity contribution in [1.29, 1.82) is 0 Å². The molecule has 33 heavy (non-hydrogen) atoms. The van der Waals surface area contributed by atoms with Crippen molar-refractivity contribution >= 4 is 29.7 Å². The number of non-ortho nitro benzene ring substituents is 1. The second kappa shape index (κ2) is 7.77. The van der Waals surface area contributed by atoms with E-state index < -0.39 is 22.7 Å². The predicted molar refractivity (Wildman–Crippen MR) is 116 cm³/mol. The van der Waals surface area contributed by atoms with Crippen LogP contribution in [0, 0.1) is 40.7 Å². The lowest BCUT2D eigenvalue weighted by atomic mass is 9.85. The summed E-state index contributed by atoms with van der Waals surface area (Å²) in [4.78, 5) is 48.9. The van der Waals surface area contributed by atoms with Crippen molar-refractivity contribution in [2.24, 2.45) is 28.8 Å². The Balaban J connectivity index is 1.43.